The summed E-state index contributed by atoms with van der Waals surface area (Å²) in [6.45, 7) is 3.75. The Morgan fingerprint density at radius 1 is 1.03 bits per heavy atom. The third-order valence-electron chi connectivity index (χ3n) is 8.75. The minimum atomic E-state index is -3.87. The van der Waals surface area contributed by atoms with E-state index >= 15 is 0 Å². The van der Waals surface area contributed by atoms with Crippen LogP contribution < -0.4 is 0 Å². The van der Waals surface area contributed by atoms with Gasteiger partial charge >= 0.3 is 0 Å². The Hall–Kier alpha value is -2.68. The van der Waals surface area contributed by atoms with E-state index in [0.717, 1.165) is 41.5 Å². The summed E-state index contributed by atoms with van der Waals surface area (Å²) in [5, 5.41) is 0.958. The molecule has 3 fully saturated rings. The van der Waals surface area contributed by atoms with Crippen molar-refractivity contribution in [1.82, 2.24) is 8.87 Å². The minimum Gasteiger partial charge on any atom is -0.348 e. The van der Waals surface area contributed by atoms with E-state index in [1.165, 1.54) is 3.97 Å². The summed E-state index contributed by atoms with van der Waals surface area (Å²) in [5.74, 6) is -0.376. The first-order chi connectivity index (χ1) is 17.4. The predicted molar refractivity (Wildman–Crippen MR) is 134 cm³/mol. The molecule has 1 saturated carbocycles. The first kappa shape index (κ1) is 22.5. The fourth-order valence-electron chi connectivity index (χ4n) is 7.09. The summed E-state index contributed by atoms with van der Waals surface area (Å²) in [6.07, 6.45) is 3.56. The van der Waals surface area contributed by atoms with E-state index in [4.69, 9.17) is 9.47 Å². The molecule has 7 rings (SSSR count). The fraction of sp³-hybridized carbons (Fsp3) is 0.464. The molecule has 2 saturated heterocycles. The van der Waals surface area contributed by atoms with Crippen molar-refractivity contribution in [2.24, 2.45) is 11.8 Å². The van der Waals surface area contributed by atoms with Crippen molar-refractivity contribution >= 4 is 26.8 Å². The van der Waals surface area contributed by atoms with Gasteiger partial charge in [-0.15, -0.1) is 0 Å². The van der Waals surface area contributed by atoms with Crippen molar-refractivity contribution < 1.29 is 22.7 Å². The zero-order chi connectivity index (χ0) is 24.7. The van der Waals surface area contributed by atoms with Gasteiger partial charge in [-0.1, -0.05) is 35.9 Å². The lowest BCUT2D eigenvalue weighted by atomic mass is 9.69. The number of aryl methyl sites for hydroxylation is 1. The van der Waals surface area contributed by atoms with Crippen molar-refractivity contribution in [3.8, 4) is 0 Å². The molecule has 0 bridgehead atoms. The molecule has 3 atom stereocenters. The first-order valence-corrected chi connectivity index (χ1v) is 14.3. The van der Waals surface area contributed by atoms with E-state index < -0.39 is 15.8 Å². The molecule has 7 nitrogen and oxygen atoms in total. The molecule has 188 valence electrons. The van der Waals surface area contributed by atoms with Crippen LogP contribution in [0.5, 0.6) is 0 Å². The summed E-state index contributed by atoms with van der Waals surface area (Å²) in [5.41, 5.74) is 3.49. The molecular formula is C28H30N2O5S. The van der Waals surface area contributed by atoms with Gasteiger partial charge in [-0.05, 0) is 55.9 Å². The third kappa shape index (κ3) is 3.17. The van der Waals surface area contributed by atoms with Crippen LogP contribution in [-0.2, 0) is 30.7 Å². The Morgan fingerprint density at radius 3 is 2.56 bits per heavy atom. The lowest BCUT2D eigenvalue weighted by Gasteiger charge is -2.50. The van der Waals surface area contributed by atoms with Gasteiger partial charge in [0.2, 0.25) is 5.91 Å². The van der Waals surface area contributed by atoms with Crippen LogP contribution >= 0.6 is 0 Å². The lowest BCUT2D eigenvalue weighted by Crippen LogP contribution is -2.54. The highest BCUT2D eigenvalue weighted by Gasteiger charge is 2.53. The maximum atomic E-state index is 14.2. The van der Waals surface area contributed by atoms with E-state index in [-0.39, 0.29) is 28.7 Å². The average Bonchev–Trinajstić information content (AvgIpc) is 3.47. The summed E-state index contributed by atoms with van der Waals surface area (Å²) < 4.78 is 41.9. The standard InChI is InChI=1S/C28H30N2O5S/c1-18-6-8-20(9-7-18)36(32,33)30-24-5-3-2-4-22(24)23-11-13-29-25(26(23)30)16-19-17-28(34-14-15-35-28)12-10-21(19)27(29)31/h2-9,19,21,25H,10-17H2,1H3/t19-,21+,25-/m1/s1. The largest absolute Gasteiger partial charge is 0.348 e. The Labute approximate surface area is 211 Å². The highest BCUT2D eigenvalue weighted by atomic mass is 32.2. The third-order valence-corrected chi connectivity index (χ3v) is 10.5. The number of rotatable bonds is 2. The second-order valence-corrected chi connectivity index (χ2v) is 12.5. The van der Waals surface area contributed by atoms with Crippen LogP contribution in [0.3, 0.4) is 0 Å². The lowest BCUT2D eigenvalue weighted by molar-refractivity contribution is -0.204. The van der Waals surface area contributed by atoms with Crippen LogP contribution in [0.15, 0.2) is 53.4 Å². The van der Waals surface area contributed by atoms with E-state index in [1.54, 1.807) is 12.1 Å². The molecule has 1 amide bonds. The molecule has 4 aliphatic rings. The predicted octanol–water partition coefficient (Wildman–Crippen LogP) is 4.18. The highest BCUT2D eigenvalue weighted by Crippen LogP contribution is 2.52. The van der Waals surface area contributed by atoms with E-state index in [0.29, 0.717) is 38.1 Å². The molecule has 36 heavy (non-hydrogen) atoms. The summed E-state index contributed by atoms with van der Waals surface area (Å²) in [6, 6.07) is 14.5. The smallest absolute Gasteiger partial charge is 0.268 e. The second-order valence-electron chi connectivity index (χ2n) is 10.7. The van der Waals surface area contributed by atoms with E-state index in [2.05, 4.69) is 0 Å². The Bertz CT molecular complexity index is 1470. The number of piperidine rings is 1. The minimum absolute atomic E-state index is 0.0484. The zero-order valence-corrected chi connectivity index (χ0v) is 21.2. The number of nitrogens with zero attached hydrogens (tertiary/aromatic N) is 2. The van der Waals surface area contributed by atoms with Crippen molar-refractivity contribution in [3.63, 3.8) is 0 Å². The maximum absolute atomic E-state index is 14.2. The molecule has 1 spiro atoms. The maximum Gasteiger partial charge on any atom is 0.268 e. The number of hydrogen-bond donors (Lipinski definition) is 0. The van der Waals surface area contributed by atoms with Crippen molar-refractivity contribution in [2.45, 2.75) is 55.8 Å². The summed E-state index contributed by atoms with van der Waals surface area (Å²) in [4.78, 5) is 16.0. The zero-order valence-electron chi connectivity index (χ0n) is 20.4. The molecule has 1 aromatic heterocycles. The monoisotopic (exact) mass is 506 g/mol. The van der Waals surface area contributed by atoms with Gasteiger partial charge in [0.1, 0.15) is 0 Å². The molecule has 3 aliphatic heterocycles. The van der Waals surface area contributed by atoms with Crippen LogP contribution in [0.4, 0.5) is 0 Å². The number of amides is 1. The molecule has 0 unspecified atom stereocenters. The summed E-state index contributed by atoms with van der Waals surface area (Å²) in [7, 11) is -3.87. The molecule has 0 radical (unpaired) electrons. The summed E-state index contributed by atoms with van der Waals surface area (Å²) >= 11 is 0. The number of ether oxygens (including phenoxy) is 2. The quantitative estimate of drug-likeness (QED) is 0.521. The number of carbonyl (C=O) groups excluding carboxylic acids is 1. The first-order valence-electron chi connectivity index (χ1n) is 12.9. The van der Waals surface area contributed by atoms with Crippen LogP contribution in [0, 0.1) is 18.8 Å². The number of aromatic nitrogens is 1. The fourth-order valence-corrected chi connectivity index (χ4v) is 8.69. The number of carbonyl (C=O) groups is 1. The number of hydrogen-bond acceptors (Lipinski definition) is 5. The van der Waals surface area contributed by atoms with Crippen molar-refractivity contribution in [2.75, 3.05) is 19.8 Å². The van der Waals surface area contributed by atoms with Crippen molar-refractivity contribution in [1.29, 1.82) is 0 Å². The molecule has 3 aromatic rings. The van der Waals surface area contributed by atoms with Crippen molar-refractivity contribution in [3.05, 3.63) is 65.4 Å². The molecular weight excluding hydrogens is 476 g/mol. The highest BCUT2D eigenvalue weighted by molar-refractivity contribution is 7.90. The molecule has 2 aromatic carbocycles. The van der Waals surface area contributed by atoms with Gasteiger partial charge in [0.25, 0.3) is 10.0 Å². The van der Waals surface area contributed by atoms with Gasteiger partial charge in [-0.25, -0.2) is 12.4 Å². The molecule has 4 heterocycles. The van der Waals surface area contributed by atoms with Gasteiger partial charge in [-0.3, -0.25) is 4.79 Å². The number of fused-ring (bicyclic) bond motifs is 6. The average molecular weight is 507 g/mol. The molecule has 0 N–H and O–H groups in total. The Balaban J connectivity index is 1.38. The Kier molecular flexibility index (Phi) is 4.94. The van der Waals surface area contributed by atoms with Gasteiger partial charge in [0.15, 0.2) is 5.79 Å². The van der Waals surface area contributed by atoms with Gasteiger partial charge < -0.3 is 14.4 Å². The van der Waals surface area contributed by atoms with E-state index in [9.17, 15) is 13.2 Å². The van der Waals surface area contributed by atoms with Gasteiger partial charge in [0, 0.05) is 30.7 Å². The van der Waals surface area contributed by atoms with E-state index in [1.807, 2.05) is 48.2 Å². The molecule has 1 aliphatic carbocycles. The number of benzene rings is 2. The topological polar surface area (TPSA) is 77.8 Å². The normalized spacial score (nSPS) is 27.2. The van der Waals surface area contributed by atoms with Crippen LogP contribution in [0.2, 0.25) is 0 Å². The van der Waals surface area contributed by atoms with Crippen LogP contribution in [0.25, 0.3) is 10.9 Å². The van der Waals surface area contributed by atoms with Gasteiger partial charge in [-0.2, -0.15) is 0 Å². The van der Waals surface area contributed by atoms with Gasteiger partial charge in [0.05, 0.1) is 35.4 Å². The molecule has 8 heteroatoms. The van der Waals surface area contributed by atoms with Crippen LogP contribution in [0.1, 0.15) is 48.5 Å². The van der Waals surface area contributed by atoms with Crippen LogP contribution in [-0.4, -0.2) is 48.7 Å². The SMILES string of the molecule is Cc1ccc(S(=O)(=O)n2c3c(c4ccccc42)CCN2C(=O)[C@H]4CCC5(C[C@H]4C[C@H]32)OCCO5)cc1. The Morgan fingerprint density at radius 2 is 1.78 bits per heavy atom. The second kappa shape index (κ2) is 7.91. The number of para-hydroxylation sites is 1.